The molecule has 0 saturated carbocycles. The maximum Gasteiger partial charge on any atom is 0.246 e. The molecule has 0 spiro atoms. The molecule has 2 rings (SSSR count). The highest BCUT2D eigenvalue weighted by atomic mass is 16.3. The number of aliphatic hydroxyl groups is 1. The van der Waals surface area contributed by atoms with Gasteiger partial charge in [0.2, 0.25) is 5.91 Å². The number of hydrogen-bond donors (Lipinski definition) is 1. The number of carbonyl (C=O) groups excluding carboxylic acids is 1. The van der Waals surface area contributed by atoms with E-state index in [0.29, 0.717) is 17.8 Å². The van der Waals surface area contributed by atoms with E-state index in [0.717, 1.165) is 0 Å². The summed E-state index contributed by atoms with van der Waals surface area (Å²) in [4.78, 5) is 15.9. The summed E-state index contributed by atoms with van der Waals surface area (Å²) < 4.78 is 0. The predicted molar refractivity (Wildman–Crippen MR) is 71.6 cm³/mol. The number of anilines is 1. The van der Waals surface area contributed by atoms with E-state index in [2.05, 4.69) is 6.07 Å². The van der Waals surface area contributed by atoms with Gasteiger partial charge in [0.15, 0.2) is 0 Å². The molecular weight excluding hydrogens is 242 g/mol. The molecule has 1 heterocycles. The van der Waals surface area contributed by atoms with Gasteiger partial charge >= 0.3 is 0 Å². The van der Waals surface area contributed by atoms with Crippen LogP contribution >= 0.6 is 0 Å². The maximum absolute atomic E-state index is 12.4. The van der Waals surface area contributed by atoms with Gasteiger partial charge in [0.25, 0.3) is 0 Å². The van der Waals surface area contributed by atoms with Gasteiger partial charge in [-0.15, -0.1) is 0 Å². The Kier molecular flexibility index (Phi) is 3.84. The number of aliphatic hydroxyl groups excluding tert-OH is 1. The van der Waals surface area contributed by atoms with Crippen LogP contribution in [-0.2, 0) is 4.79 Å². The number of amides is 1. The highest BCUT2D eigenvalue weighted by molar-refractivity contribution is 5.99. The van der Waals surface area contributed by atoms with Gasteiger partial charge in [0, 0.05) is 12.6 Å². The summed E-state index contributed by atoms with van der Waals surface area (Å²) in [5.74, 6) is -0.161. The third-order valence-corrected chi connectivity index (χ3v) is 3.67. The molecule has 1 amide bonds. The van der Waals surface area contributed by atoms with Crippen molar-refractivity contribution in [3.63, 3.8) is 0 Å². The van der Waals surface area contributed by atoms with Crippen LogP contribution in [0.15, 0.2) is 24.3 Å². The Morgan fingerprint density at radius 3 is 2.79 bits per heavy atom. The van der Waals surface area contributed by atoms with Gasteiger partial charge in [-0.25, -0.2) is 0 Å². The van der Waals surface area contributed by atoms with Crippen LogP contribution in [-0.4, -0.2) is 48.2 Å². The zero-order valence-electron chi connectivity index (χ0n) is 11.1. The Hall–Kier alpha value is -1.90. The second-order valence-electron chi connectivity index (χ2n) is 4.79. The number of carbonyl (C=O) groups is 1. The molecule has 2 atom stereocenters. The average molecular weight is 259 g/mol. The van der Waals surface area contributed by atoms with Gasteiger partial charge in [-0.1, -0.05) is 12.1 Å². The van der Waals surface area contributed by atoms with Crippen LogP contribution in [0, 0.1) is 11.3 Å². The molecule has 100 valence electrons. The standard InChI is InChI=1S/C14H17N3O2/c1-10-8-17(14(19)13(9-18)16(10)2)12-6-4-3-5-11(12)7-15/h3-6,10,13,18H,8-9H2,1-2H3. The summed E-state index contributed by atoms with van der Waals surface area (Å²) in [5.41, 5.74) is 1.10. The molecule has 19 heavy (non-hydrogen) atoms. The fourth-order valence-electron chi connectivity index (χ4n) is 2.37. The summed E-state index contributed by atoms with van der Waals surface area (Å²) in [6, 6.07) is 8.72. The lowest BCUT2D eigenvalue weighted by molar-refractivity contribution is -0.128. The summed E-state index contributed by atoms with van der Waals surface area (Å²) in [7, 11) is 1.83. The SMILES string of the molecule is CC1CN(c2ccccc2C#N)C(=O)C(CO)N1C. The number of likely N-dealkylation sites (N-methyl/N-ethyl adjacent to an activating group) is 1. The molecule has 0 bridgehead atoms. The van der Waals surface area contributed by atoms with Crippen molar-refractivity contribution < 1.29 is 9.90 Å². The van der Waals surface area contributed by atoms with E-state index in [9.17, 15) is 9.90 Å². The maximum atomic E-state index is 12.4. The van der Waals surface area contributed by atoms with Crippen LogP contribution in [0.25, 0.3) is 0 Å². The van der Waals surface area contributed by atoms with Crippen molar-refractivity contribution in [2.24, 2.45) is 0 Å². The van der Waals surface area contributed by atoms with Crippen molar-refractivity contribution in [2.75, 3.05) is 25.1 Å². The Morgan fingerprint density at radius 1 is 1.47 bits per heavy atom. The van der Waals surface area contributed by atoms with Gasteiger partial charge in [0.1, 0.15) is 12.1 Å². The molecule has 1 N–H and O–H groups in total. The van der Waals surface area contributed by atoms with Crippen molar-refractivity contribution in [3.05, 3.63) is 29.8 Å². The lowest BCUT2D eigenvalue weighted by atomic mass is 10.0. The molecule has 1 fully saturated rings. The Morgan fingerprint density at radius 2 is 2.16 bits per heavy atom. The molecule has 1 aliphatic rings. The first-order valence-corrected chi connectivity index (χ1v) is 6.23. The molecule has 1 aromatic carbocycles. The third kappa shape index (κ3) is 2.33. The topological polar surface area (TPSA) is 67.6 Å². The molecule has 1 aromatic rings. The summed E-state index contributed by atoms with van der Waals surface area (Å²) in [6.07, 6.45) is 0. The Bertz CT molecular complexity index is 524. The van der Waals surface area contributed by atoms with Crippen molar-refractivity contribution in [2.45, 2.75) is 19.0 Å². The second-order valence-corrected chi connectivity index (χ2v) is 4.79. The second kappa shape index (κ2) is 5.39. The van der Waals surface area contributed by atoms with Crippen LogP contribution in [0.5, 0.6) is 0 Å². The first-order valence-electron chi connectivity index (χ1n) is 6.23. The molecule has 5 nitrogen and oxygen atoms in total. The van der Waals surface area contributed by atoms with E-state index in [4.69, 9.17) is 5.26 Å². The molecule has 2 unspecified atom stereocenters. The van der Waals surface area contributed by atoms with Crippen LogP contribution < -0.4 is 4.90 Å². The number of para-hydroxylation sites is 1. The largest absolute Gasteiger partial charge is 0.394 e. The number of benzene rings is 1. The van der Waals surface area contributed by atoms with Crippen LogP contribution in [0.4, 0.5) is 5.69 Å². The molecule has 1 saturated heterocycles. The van der Waals surface area contributed by atoms with Crippen molar-refractivity contribution in [1.82, 2.24) is 4.90 Å². The number of hydrogen-bond acceptors (Lipinski definition) is 4. The normalized spacial score (nSPS) is 24.3. The first kappa shape index (κ1) is 13.5. The lowest BCUT2D eigenvalue weighted by Crippen LogP contribution is -2.61. The van der Waals surface area contributed by atoms with Crippen molar-refractivity contribution in [3.8, 4) is 6.07 Å². The molecule has 0 aliphatic carbocycles. The van der Waals surface area contributed by atoms with Gasteiger partial charge < -0.3 is 10.0 Å². The zero-order chi connectivity index (χ0) is 14.0. The predicted octanol–water partition coefficient (Wildman–Crippen LogP) is 0.586. The molecule has 1 aliphatic heterocycles. The summed E-state index contributed by atoms with van der Waals surface area (Å²) >= 11 is 0. The fourth-order valence-corrected chi connectivity index (χ4v) is 2.37. The van der Waals surface area contributed by atoms with E-state index in [-0.39, 0.29) is 18.6 Å². The van der Waals surface area contributed by atoms with Crippen LogP contribution in [0.3, 0.4) is 0 Å². The van der Waals surface area contributed by atoms with Crippen LogP contribution in [0.2, 0.25) is 0 Å². The Balaban J connectivity index is 2.39. The quantitative estimate of drug-likeness (QED) is 0.844. The van der Waals surface area contributed by atoms with E-state index in [1.807, 2.05) is 18.9 Å². The lowest BCUT2D eigenvalue weighted by Gasteiger charge is -2.42. The minimum absolute atomic E-state index is 0.126. The van der Waals surface area contributed by atoms with Crippen molar-refractivity contribution in [1.29, 1.82) is 5.26 Å². The Labute approximate surface area is 112 Å². The molecule has 0 radical (unpaired) electrons. The molecule has 0 aromatic heterocycles. The monoisotopic (exact) mass is 259 g/mol. The van der Waals surface area contributed by atoms with E-state index >= 15 is 0 Å². The third-order valence-electron chi connectivity index (χ3n) is 3.67. The number of nitriles is 1. The van der Waals surface area contributed by atoms with Gasteiger partial charge in [-0.2, -0.15) is 5.26 Å². The van der Waals surface area contributed by atoms with E-state index in [1.54, 1.807) is 29.2 Å². The zero-order valence-corrected chi connectivity index (χ0v) is 11.1. The van der Waals surface area contributed by atoms with E-state index < -0.39 is 6.04 Å². The smallest absolute Gasteiger partial charge is 0.246 e. The molecular formula is C14H17N3O2. The fraction of sp³-hybridized carbons (Fsp3) is 0.429. The van der Waals surface area contributed by atoms with Gasteiger partial charge in [-0.3, -0.25) is 9.69 Å². The minimum atomic E-state index is -0.546. The number of rotatable bonds is 2. The van der Waals surface area contributed by atoms with Crippen LogP contribution in [0.1, 0.15) is 12.5 Å². The van der Waals surface area contributed by atoms with Gasteiger partial charge in [0.05, 0.1) is 17.9 Å². The summed E-state index contributed by atoms with van der Waals surface area (Å²) in [5, 5.41) is 18.5. The van der Waals surface area contributed by atoms with Gasteiger partial charge in [-0.05, 0) is 26.1 Å². The minimum Gasteiger partial charge on any atom is -0.394 e. The van der Waals surface area contributed by atoms with Crippen molar-refractivity contribution >= 4 is 11.6 Å². The highest BCUT2D eigenvalue weighted by Gasteiger charge is 2.37. The highest BCUT2D eigenvalue weighted by Crippen LogP contribution is 2.25. The van der Waals surface area contributed by atoms with E-state index in [1.165, 1.54) is 0 Å². The average Bonchev–Trinajstić information content (AvgIpc) is 2.43. The number of piperazine rings is 1. The summed E-state index contributed by atoms with van der Waals surface area (Å²) in [6.45, 7) is 2.30. The number of nitrogens with zero attached hydrogens (tertiary/aromatic N) is 3. The molecule has 5 heteroatoms. The first-order chi connectivity index (χ1) is 9.10.